The summed E-state index contributed by atoms with van der Waals surface area (Å²) in [6, 6.07) is 24.4. The highest BCUT2D eigenvalue weighted by Crippen LogP contribution is 2.56. The summed E-state index contributed by atoms with van der Waals surface area (Å²) < 4.78 is 5.76. The summed E-state index contributed by atoms with van der Waals surface area (Å²) in [4.78, 5) is 40.2. The quantitative estimate of drug-likeness (QED) is 0.384. The van der Waals surface area contributed by atoms with Crippen LogP contribution in [0, 0.1) is 23.7 Å². The Morgan fingerprint density at radius 2 is 1.44 bits per heavy atom. The van der Waals surface area contributed by atoms with Crippen molar-refractivity contribution >= 4 is 23.3 Å². The van der Waals surface area contributed by atoms with Gasteiger partial charge in [0.05, 0.1) is 17.5 Å². The first kappa shape index (κ1) is 20.8. The summed E-state index contributed by atoms with van der Waals surface area (Å²) in [7, 11) is 0. The zero-order valence-electron chi connectivity index (χ0n) is 18.7. The van der Waals surface area contributed by atoms with Crippen LogP contribution in [0.2, 0.25) is 0 Å². The molecule has 2 saturated carbocycles. The van der Waals surface area contributed by atoms with Crippen molar-refractivity contribution in [2.75, 3.05) is 11.5 Å². The van der Waals surface area contributed by atoms with Gasteiger partial charge in [-0.15, -0.1) is 0 Å². The predicted molar refractivity (Wildman–Crippen MR) is 128 cm³/mol. The number of carbonyl (C=O) groups is 3. The third kappa shape index (κ3) is 3.43. The molecule has 0 unspecified atom stereocenters. The van der Waals surface area contributed by atoms with Crippen LogP contribution >= 0.6 is 0 Å². The third-order valence-electron chi connectivity index (χ3n) is 7.69. The lowest BCUT2D eigenvalue weighted by Crippen LogP contribution is -2.32. The van der Waals surface area contributed by atoms with Gasteiger partial charge in [-0.2, -0.15) is 0 Å². The molecular formula is C29H25NO4. The molecule has 0 spiro atoms. The largest absolute Gasteiger partial charge is 0.485 e. The average Bonchev–Trinajstić information content (AvgIpc) is 3.57. The van der Waals surface area contributed by atoms with E-state index in [9.17, 15) is 14.4 Å². The van der Waals surface area contributed by atoms with Gasteiger partial charge >= 0.3 is 0 Å². The molecule has 2 aliphatic carbocycles. The smallest absolute Gasteiger partial charge is 0.237 e. The van der Waals surface area contributed by atoms with Gasteiger partial charge in [0.1, 0.15) is 5.75 Å². The van der Waals surface area contributed by atoms with Gasteiger partial charge in [0.25, 0.3) is 0 Å². The monoisotopic (exact) mass is 451 g/mol. The summed E-state index contributed by atoms with van der Waals surface area (Å²) in [5.41, 5.74) is 3.24. The summed E-state index contributed by atoms with van der Waals surface area (Å²) in [6.07, 6.45) is 3.12. The van der Waals surface area contributed by atoms with Crippen molar-refractivity contribution in [1.82, 2.24) is 0 Å². The molecule has 6 rings (SSSR count). The Hall–Kier alpha value is -3.73. The maximum Gasteiger partial charge on any atom is 0.237 e. The number of imide groups is 1. The zero-order chi connectivity index (χ0) is 23.2. The minimum atomic E-state index is -0.156. The summed E-state index contributed by atoms with van der Waals surface area (Å²) in [5.74, 6) is 0.566. The van der Waals surface area contributed by atoms with E-state index in [0.29, 0.717) is 28.8 Å². The second-order valence-corrected chi connectivity index (χ2v) is 9.55. The molecule has 34 heavy (non-hydrogen) atoms. The van der Waals surface area contributed by atoms with E-state index in [0.717, 1.165) is 30.4 Å². The summed E-state index contributed by atoms with van der Waals surface area (Å²) in [5, 5.41) is 0. The lowest BCUT2D eigenvalue weighted by atomic mass is 9.81. The van der Waals surface area contributed by atoms with E-state index in [-0.39, 0.29) is 36.0 Å². The van der Waals surface area contributed by atoms with Gasteiger partial charge in [-0.3, -0.25) is 14.4 Å². The van der Waals surface area contributed by atoms with Crippen LogP contribution in [0.1, 0.15) is 29.6 Å². The van der Waals surface area contributed by atoms with E-state index in [1.807, 2.05) is 42.5 Å². The highest BCUT2D eigenvalue weighted by Gasteiger charge is 2.61. The maximum atomic E-state index is 13.1. The second kappa shape index (κ2) is 8.24. The molecule has 3 aromatic rings. The van der Waals surface area contributed by atoms with Crippen molar-refractivity contribution in [3.8, 4) is 16.9 Å². The number of rotatable bonds is 6. The van der Waals surface area contributed by atoms with E-state index >= 15 is 0 Å². The number of amides is 2. The molecule has 0 aromatic heterocycles. The Bertz CT molecular complexity index is 1240. The van der Waals surface area contributed by atoms with E-state index in [1.54, 1.807) is 36.4 Å². The topological polar surface area (TPSA) is 63.7 Å². The number of fused-ring (bicyclic) bond motifs is 5. The van der Waals surface area contributed by atoms with Crippen LogP contribution in [0.15, 0.2) is 78.9 Å². The SMILES string of the molecule is O=C(COc1cccc(N2C(=O)[C@@H]3[C@H]4CC[C@@H](C4)[C@H]3C2=O)c1)c1ccc(-c2ccccc2)cc1. The lowest BCUT2D eigenvalue weighted by molar-refractivity contribution is -0.123. The molecule has 0 radical (unpaired) electrons. The fourth-order valence-electron chi connectivity index (χ4n) is 6.09. The molecule has 3 aromatic carbocycles. The Balaban J connectivity index is 1.13. The summed E-state index contributed by atoms with van der Waals surface area (Å²) in [6.45, 7) is -0.120. The van der Waals surface area contributed by atoms with Gasteiger partial charge in [-0.1, -0.05) is 60.7 Å². The Morgan fingerprint density at radius 1 is 0.794 bits per heavy atom. The molecule has 2 bridgehead atoms. The van der Waals surface area contributed by atoms with Crippen LogP contribution < -0.4 is 9.64 Å². The molecule has 1 saturated heterocycles. The molecular weight excluding hydrogens is 426 g/mol. The zero-order valence-corrected chi connectivity index (χ0v) is 18.7. The first-order valence-corrected chi connectivity index (χ1v) is 11.9. The number of ketones is 1. The van der Waals surface area contributed by atoms with Crippen LogP contribution in [0.3, 0.4) is 0 Å². The van der Waals surface area contributed by atoms with Gasteiger partial charge in [-0.25, -0.2) is 4.90 Å². The van der Waals surface area contributed by atoms with Crippen molar-refractivity contribution in [2.24, 2.45) is 23.7 Å². The molecule has 3 fully saturated rings. The Labute approximate surface area is 198 Å². The molecule has 1 aliphatic heterocycles. The Morgan fingerprint density at radius 3 is 2.12 bits per heavy atom. The standard InChI is InChI=1S/C29H25NO4/c31-25(20-11-9-19(10-12-20)18-5-2-1-3-6-18)17-34-24-8-4-7-23(16-24)30-28(32)26-21-13-14-22(15-21)27(26)29(30)33/h1-12,16,21-22,26-27H,13-15,17H2/t21-,22-,26+,27+/m0/s1. The average molecular weight is 452 g/mol. The predicted octanol–water partition coefficient (Wildman–Crippen LogP) is 5.15. The van der Waals surface area contributed by atoms with E-state index in [1.165, 1.54) is 4.90 Å². The van der Waals surface area contributed by atoms with Crippen LogP contribution in [0.25, 0.3) is 11.1 Å². The number of ether oxygens (including phenoxy) is 1. The van der Waals surface area contributed by atoms with Gasteiger partial charge < -0.3 is 4.74 Å². The third-order valence-corrected chi connectivity index (χ3v) is 7.69. The van der Waals surface area contributed by atoms with Crippen molar-refractivity contribution in [1.29, 1.82) is 0 Å². The number of hydrogen-bond acceptors (Lipinski definition) is 4. The van der Waals surface area contributed by atoms with Gasteiger partial charge in [0.15, 0.2) is 12.4 Å². The summed E-state index contributed by atoms with van der Waals surface area (Å²) >= 11 is 0. The first-order chi connectivity index (χ1) is 16.6. The number of benzene rings is 3. The van der Waals surface area contributed by atoms with Crippen molar-refractivity contribution < 1.29 is 19.1 Å². The highest BCUT2D eigenvalue weighted by molar-refractivity contribution is 6.22. The van der Waals surface area contributed by atoms with E-state index in [4.69, 9.17) is 4.74 Å². The molecule has 0 N–H and O–H groups in total. The number of nitrogens with zero attached hydrogens (tertiary/aromatic N) is 1. The minimum Gasteiger partial charge on any atom is -0.485 e. The molecule has 4 atom stereocenters. The highest BCUT2D eigenvalue weighted by atomic mass is 16.5. The minimum absolute atomic E-state index is 0.0751. The van der Waals surface area contributed by atoms with E-state index in [2.05, 4.69) is 0 Å². The van der Waals surface area contributed by atoms with Crippen molar-refractivity contribution in [3.63, 3.8) is 0 Å². The van der Waals surface area contributed by atoms with Crippen LogP contribution in [-0.4, -0.2) is 24.2 Å². The van der Waals surface area contributed by atoms with Crippen LogP contribution in [0.4, 0.5) is 5.69 Å². The Kier molecular flexibility index (Phi) is 5.05. The second-order valence-electron chi connectivity index (χ2n) is 9.55. The molecule has 170 valence electrons. The van der Waals surface area contributed by atoms with Crippen LogP contribution in [0.5, 0.6) is 5.75 Å². The molecule has 5 heteroatoms. The fourth-order valence-corrected chi connectivity index (χ4v) is 6.09. The number of anilines is 1. The molecule has 5 nitrogen and oxygen atoms in total. The van der Waals surface area contributed by atoms with Crippen molar-refractivity contribution in [2.45, 2.75) is 19.3 Å². The van der Waals surface area contributed by atoms with Crippen LogP contribution in [-0.2, 0) is 9.59 Å². The normalized spacial score (nSPS) is 25.0. The molecule has 1 heterocycles. The maximum absolute atomic E-state index is 13.1. The fraction of sp³-hybridized carbons (Fsp3) is 0.276. The van der Waals surface area contributed by atoms with E-state index < -0.39 is 0 Å². The molecule has 2 amide bonds. The van der Waals surface area contributed by atoms with Gasteiger partial charge in [0, 0.05) is 11.6 Å². The number of hydrogen-bond donors (Lipinski definition) is 0. The lowest BCUT2D eigenvalue weighted by Gasteiger charge is -2.19. The number of Topliss-reactive ketones (excluding diaryl/α,β-unsaturated/α-hetero) is 1. The molecule has 3 aliphatic rings. The first-order valence-electron chi connectivity index (χ1n) is 11.9. The number of carbonyl (C=O) groups excluding carboxylic acids is 3. The van der Waals surface area contributed by atoms with Crippen molar-refractivity contribution in [3.05, 3.63) is 84.4 Å². The van der Waals surface area contributed by atoms with Gasteiger partial charge in [-0.05, 0) is 54.4 Å². The van der Waals surface area contributed by atoms with Gasteiger partial charge in [0.2, 0.25) is 11.8 Å².